The van der Waals surface area contributed by atoms with Gasteiger partial charge in [0, 0.05) is 24.9 Å². The van der Waals surface area contributed by atoms with Gasteiger partial charge in [-0.1, -0.05) is 50.2 Å². The minimum Gasteiger partial charge on any atom is -0.339 e. The molecule has 0 aliphatic carbocycles. The summed E-state index contributed by atoms with van der Waals surface area (Å²) in [5.74, 6) is 0.902. The van der Waals surface area contributed by atoms with Gasteiger partial charge in [0.15, 0.2) is 0 Å². The molecule has 2 rings (SSSR count). The second-order valence-corrected chi connectivity index (χ2v) is 6.52. The highest BCUT2D eigenvalue weighted by molar-refractivity contribution is 5.76. The fourth-order valence-corrected chi connectivity index (χ4v) is 2.62. The number of hydrogen-bond acceptors (Lipinski definition) is 4. The van der Waals surface area contributed by atoms with Crippen LogP contribution >= 0.6 is 0 Å². The van der Waals surface area contributed by atoms with Crippen molar-refractivity contribution in [3.05, 3.63) is 35.7 Å². The van der Waals surface area contributed by atoms with Crippen LogP contribution in [-0.2, 0) is 11.2 Å². The number of amides is 1. The normalized spacial score (nSPS) is 11.3. The molecule has 142 valence electrons. The summed E-state index contributed by atoms with van der Waals surface area (Å²) >= 11 is 0. The first-order chi connectivity index (χ1) is 12.4. The maximum Gasteiger partial charge on any atom is 0.255 e. The summed E-state index contributed by atoms with van der Waals surface area (Å²) in [6, 6.07) is 7.90. The zero-order chi connectivity index (χ0) is 19.1. The molecule has 0 saturated carbocycles. The molecule has 0 aliphatic rings. The standard InChI is InChI=1S/C19H25F2N3O2/c1-4-11-24(12-16(20)21)18(25)10-9-17-22-19(23-26-17)15-7-5-14(6-8-15)13(2)3/h5-8,13,16H,4,9-12H2,1-3H3. The number of alkyl halides is 2. The van der Waals surface area contributed by atoms with Gasteiger partial charge in [-0.15, -0.1) is 0 Å². The van der Waals surface area contributed by atoms with Gasteiger partial charge >= 0.3 is 0 Å². The number of halogens is 2. The zero-order valence-corrected chi connectivity index (χ0v) is 15.4. The van der Waals surface area contributed by atoms with Gasteiger partial charge in [0.2, 0.25) is 17.6 Å². The van der Waals surface area contributed by atoms with E-state index in [0.29, 0.717) is 30.6 Å². The summed E-state index contributed by atoms with van der Waals surface area (Å²) in [6.07, 6.45) is -1.59. The van der Waals surface area contributed by atoms with Crippen molar-refractivity contribution in [3.63, 3.8) is 0 Å². The Kier molecular flexibility index (Phi) is 7.24. The lowest BCUT2D eigenvalue weighted by Crippen LogP contribution is -2.35. The fourth-order valence-electron chi connectivity index (χ4n) is 2.62. The molecule has 1 aromatic carbocycles. The molecule has 1 heterocycles. The summed E-state index contributed by atoms with van der Waals surface area (Å²) in [7, 11) is 0. The molecule has 0 spiro atoms. The third-order valence-corrected chi connectivity index (χ3v) is 4.06. The van der Waals surface area contributed by atoms with Gasteiger partial charge in [0.1, 0.15) is 0 Å². The predicted molar refractivity (Wildman–Crippen MR) is 95.0 cm³/mol. The molecule has 7 heteroatoms. The van der Waals surface area contributed by atoms with Crippen molar-refractivity contribution in [1.29, 1.82) is 0 Å². The van der Waals surface area contributed by atoms with Crippen molar-refractivity contribution >= 4 is 5.91 Å². The first kappa shape index (κ1) is 20.0. The second kappa shape index (κ2) is 9.40. The molecular weight excluding hydrogens is 340 g/mol. The van der Waals surface area contributed by atoms with Crippen molar-refractivity contribution < 1.29 is 18.1 Å². The largest absolute Gasteiger partial charge is 0.339 e. The minimum absolute atomic E-state index is 0.0701. The van der Waals surface area contributed by atoms with Crippen LogP contribution in [0.1, 0.15) is 51.0 Å². The van der Waals surface area contributed by atoms with Gasteiger partial charge in [0.25, 0.3) is 6.43 Å². The summed E-state index contributed by atoms with van der Waals surface area (Å²) in [5, 5.41) is 3.94. The predicted octanol–water partition coefficient (Wildman–Crippen LogP) is 4.30. The lowest BCUT2D eigenvalue weighted by molar-refractivity contribution is -0.133. The molecule has 0 N–H and O–H groups in total. The van der Waals surface area contributed by atoms with Crippen LogP contribution < -0.4 is 0 Å². The summed E-state index contributed by atoms with van der Waals surface area (Å²) < 4.78 is 30.3. The van der Waals surface area contributed by atoms with Crippen LogP contribution in [0.2, 0.25) is 0 Å². The van der Waals surface area contributed by atoms with E-state index in [2.05, 4.69) is 24.0 Å². The molecule has 1 amide bonds. The molecule has 5 nitrogen and oxygen atoms in total. The Bertz CT molecular complexity index is 699. The van der Waals surface area contributed by atoms with Crippen molar-refractivity contribution in [2.45, 2.75) is 52.4 Å². The van der Waals surface area contributed by atoms with Crippen molar-refractivity contribution in [2.24, 2.45) is 0 Å². The Labute approximate surface area is 152 Å². The number of nitrogens with zero attached hydrogens (tertiary/aromatic N) is 3. The van der Waals surface area contributed by atoms with Crippen LogP contribution in [0, 0.1) is 0 Å². The number of carbonyl (C=O) groups excluding carboxylic acids is 1. The van der Waals surface area contributed by atoms with Gasteiger partial charge in [-0.25, -0.2) is 8.78 Å². The molecule has 0 fully saturated rings. The van der Waals surface area contributed by atoms with Crippen LogP contribution in [0.3, 0.4) is 0 Å². The molecule has 0 radical (unpaired) electrons. The van der Waals surface area contributed by atoms with Crippen LogP contribution in [0.5, 0.6) is 0 Å². The van der Waals surface area contributed by atoms with Gasteiger partial charge in [-0.2, -0.15) is 4.98 Å². The lowest BCUT2D eigenvalue weighted by Gasteiger charge is -2.21. The Morgan fingerprint density at radius 2 is 1.92 bits per heavy atom. The number of carbonyl (C=O) groups is 1. The highest BCUT2D eigenvalue weighted by Gasteiger charge is 2.18. The summed E-state index contributed by atoms with van der Waals surface area (Å²) in [6.45, 7) is 5.87. The zero-order valence-electron chi connectivity index (χ0n) is 15.4. The van der Waals surface area contributed by atoms with E-state index in [1.165, 1.54) is 10.5 Å². The molecule has 0 saturated heterocycles. The van der Waals surface area contributed by atoms with E-state index in [1.54, 1.807) is 0 Å². The highest BCUT2D eigenvalue weighted by Crippen LogP contribution is 2.20. The molecule has 0 aliphatic heterocycles. The molecule has 1 aromatic heterocycles. The summed E-state index contributed by atoms with van der Waals surface area (Å²) in [5.41, 5.74) is 2.05. The highest BCUT2D eigenvalue weighted by atomic mass is 19.3. The van der Waals surface area contributed by atoms with Gasteiger partial charge < -0.3 is 9.42 Å². The maximum absolute atomic E-state index is 12.6. The number of benzene rings is 1. The fraction of sp³-hybridized carbons (Fsp3) is 0.526. The number of aromatic nitrogens is 2. The van der Waals surface area contributed by atoms with Crippen LogP contribution in [0.25, 0.3) is 11.4 Å². The van der Waals surface area contributed by atoms with E-state index in [0.717, 1.165) is 5.56 Å². The topological polar surface area (TPSA) is 59.2 Å². The number of hydrogen-bond donors (Lipinski definition) is 0. The first-order valence-corrected chi connectivity index (χ1v) is 8.89. The van der Waals surface area contributed by atoms with Gasteiger partial charge in [0.05, 0.1) is 6.54 Å². The van der Waals surface area contributed by atoms with Crippen LogP contribution in [0.4, 0.5) is 8.78 Å². The van der Waals surface area contributed by atoms with E-state index in [-0.39, 0.29) is 18.7 Å². The van der Waals surface area contributed by atoms with Crippen molar-refractivity contribution in [1.82, 2.24) is 15.0 Å². The third-order valence-electron chi connectivity index (χ3n) is 4.06. The minimum atomic E-state index is -2.53. The van der Waals surface area contributed by atoms with Crippen LogP contribution in [-0.4, -0.2) is 40.5 Å². The van der Waals surface area contributed by atoms with E-state index in [9.17, 15) is 13.6 Å². The Hall–Kier alpha value is -2.31. The number of aryl methyl sites for hydroxylation is 1. The quantitative estimate of drug-likeness (QED) is 0.665. The molecule has 2 aromatic rings. The lowest BCUT2D eigenvalue weighted by atomic mass is 10.0. The third kappa shape index (κ3) is 5.61. The molecule has 0 unspecified atom stereocenters. The van der Waals surface area contributed by atoms with Crippen molar-refractivity contribution in [3.8, 4) is 11.4 Å². The van der Waals surface area contributed by atoms with E-state index in [4.69, 9.17) is 4.52 Å². The maximum atomic E-state index is 12.6. The average molecular weight is 365 g/mol. The SMILES string of the molecule is CCCN(CC(F)F)C(=O)CCc1nc(-c2ccc(C(C)C)cc2)no1. The van der Waals surface area contributed by atoms with E-state index in [1.807, 2.05) is 31.2 Å². The Balaban J connectivity index is 1.96. The smallest absolute Gasteiger partial charge is 0.255 e. The monoisotopic (exact) mass is 365 g/mol. The van der Waals surface area contributed by atoms with Crippen molar-refractivity contribution in [2.75, 3.05) is 13.1 Å². The Morgan fingerprint density at radius 1 is 1.23 bits per heavy atom. The van der Waals surface area contributed by atoms with E-state index >= 15 is 0 Å². The number of rotatable bonds is 9. The van der Waals surface area contributed by atoms with Gasteiger partial charge in [-0.05, 0) is 17.9 Å². The molecule has 26 heavy (non-hydrogen) atoms. The van der Waals surface area contributed by atoms with E-state index < -0.39 is 13.0 Å². The van der Waals surface area contributed by atoms with Gasteiger partial charge in [-0.3, -0.25) is 4.79 Å². The molecular formula is C19H25F2N3O2. The first-order valence-electron chi connectivity index (χ1n) is 8.89. The van der Waals surface area contributed by atoms with Crippen LogP contribution in [0.15, 0.2) is 28.8 Å². The summed E-state index contributed by atoms with van der Waals surface area (Å²) in [4.78, 5) is 17.6. The average Bonchev–Trinajstić information content (AvgIpc) is 3.08. The molecule has 0 bridgehead atoms. The Morgan fingerprint density at radius 3 is 2.50 bits per heavy atom. The second-order valence-electron chi connectivity index (χ2n) is 6.52. The molecule has 0 atom stereocenters.